The van der Waals surface area contributed by atoms with Gasteiger partial charge in [0, 0.05) is 18.7 Å². The second-order valence-electron chi connectivity index (χ2n) is 6.60. The number of nitrogens with two attached hydrogens (primary N) is 1. The molecule has 2 amide bonds. The molecule has 0 atom stereocenters. The number of nitrogens with one attached hydrogen (secondary N) is 1. The first-order chi connectivity index (χ1) is 13.1. The lowest BCUT2D eigenvalue weighted by molar-refractivity contribution is -0.116. The number of rotatable bonds is 7. The Labute approximate surface area is 159 Å². The maximum atomic E-state index is 12.4. The SMILES string of the molecule is NC(=O)c1ccc(N2CCCCC2)c(NC(=O)CCOc2ccccc2)c1. The molecule has 2 aromatic rings. The summed E-state index contributed by atoms with van der Waals surface area (Å²) in [6, 6.07) is 14.6. The maximum absolute atomic E-state index is 12.4. The number of piperidine rings is 1. The van der Waals surface area contributed by atoms with Gasteiger partial charge in [0.15, 0.2) is 0 Å². The minimum absolute atomic E-state index is 0.161. The highest BCUT2D eigenvalue weighted by molar-refractivity contribution is 5.99. The fraction of sp³-hybridized carbons (Fsp3) is 0.333. The number of benzene rings is 2. The summed E-state index contributed by atoms with van der Waals surface area (Å²) in [4.78, 5) is 26.2. The van der Waals surface area contributed by atoms with Gasteiger partial charge in [-0.15, -0.1) is 0 Å². The molecular formula is C21H25N3O3. The Morgan fingerprint density at radius 3 is 2.48 bits per heavy atom. The van der Waals surface area contributed by atoms with E-state index in [0.29, 0.717) is 11.3 Å². The smallest absolute Gasteiger partial charge is 0.248 e. The van der Waals surface area contributed by atoms with Crippen molar-refractivity contribution in [3.8, 4) is 5.75 Å². The second kappa shape index (κ2) is 9.07. The van der Waals surface area contributed by atoms with E-state index >= 15 is 0 Å². The van der Waals surface area contributed by atoms with Crippen LogP contribution in [0.15, 0.2) is 48.5 Å². The minimum Gasteiger partial charge on any atom is -0.493 e. The Hall–Kier alpha value is -3.02. The van der Waals surface area contributed by atoms with Gasteiger partial charge in [-0.2, -0.15) is 0 Å². The number of primary amides is 1. The summed E-state index contributed by atoms with van der Waals surface area (Å²) in [7, 11) is 0. The molecule has 1 fully saturated rings. The van der Waals surface area contributed by atoms with Crippen molar-refractivity contribution in [2.45, 2.75) is 25.7 Å². The van der Waals surface area contributed by atoms with Crippen LogP contribution in [0.2, 0.25) is 0 Å². The highest BCUT2D eigenvalue weighted by Gasteiger charge is 2.17. The Morgan fingerprint density at radius 1 is 1.04 bits per heavy atom. The van der Waals surface area contributed by atoms with Crippen LogP contribution < -0.4 is 20.7 Å². The van der Waals surface area contributed by atoms with Crippen LogP contribution in [0.3, 0.4) is 0 Å². The lowest BCUT2D eigenvalue weighted by Crippen LogP contribution is -2.30. The molecule has 0 bridgehead atoms. The van der Waals surface area contributed by atoms with Crippen LogP contribution >= 0.6 is 0 Å². The van der Waals surface area contributed by atoms with Gasteiger partial charge in [0.2, 0.25) is 11.8 Å². The highest BCUT2D eigenvalue weighted by atomic mass is 16.5. The molecule has 1 aliphatic heterocycles. The molecule has 3 N–H and O–H groups in total. The highest BCUT2D eigenvalue weighted by Crippen LogP contribution is 2.30. The number of nitrogens with zero attached hydrogens (tertiary/aromatic N) is 1. The lowest BCUT2D eigenvalue weighted by atomic mass is 10.1. The zero-order valence-electron chi connectivity index (χ0n) is 15.3. The van der Waals surface area contributed by atoms with Gasteiger partial charge in [-0.25, -0.2) is 0 Å². The molecule has 0 saturated carbocycles. The van der Waals surface area contributed by atoms with Crippen LogP contribution in [0.5, 0.6) is 5.75 Å². The third-order valence-electron chi connectivity index (χ3n) is 4.59. The van der Waals surface area contributed by atoms with Gasteiger partial charge in [-0.3, -0.25) is 9.59 Å². The number of para-hydroxylation sites is 1. The van der Waals surface area contributed by atoms with Crippen LogP contribution in [-0.2, 0) is 4.79 Å². The van der Waals surface area contributed by atoms with Gasteiger partial charge in [0.1, 0.15) is 5.75 Å². The second-order valence-corrected chi connectivity index (χ2v) is 6.60. The first-order valence-electron chi connectivity index (χ1n) is 9.30. The van der Waals surface area contributed by atoms with E-state index in [1.807, 2.05) is 36.4 Å². The topological polar surface area (TPSA) is 84.7 Å². The van der Waals surface area contributed by atoms with Crippen molar-refractivity contribution in [3.05, 3.63) is 54.1 Å². The van der Waals surface area contributed by atoms with Gasteiger partial charge in [0.25, 0.3) is 0 Å². The average molecular weight is 367 g/mol. The first-order valence-corrected chi connectivity index (χ1v) is 9.30. The third-order valence-corrected chi connectivity index (χ3v) is 4.59. The summed E-state index contributed by atoms with van der Waals surface area (Å²) >= 11 is 0. The van der Waals surface area contributed by atoms with Crippen molar-refractivity contribution in [1.29, 1.82) is 0 Å². The quantitative estimate of drug-likeness (QED) is 0.787. The molecule has 1 saturated heterocycles. The van der Waals surface area contributed by atoms with Gasteiger partial charge < -0.3 is 20.7 Å². The summed E-state index contributed by atoms with van der Waals surface area (Å²) in [5.41, 5.74) is 7.33. The van der Waals surface area contributed by atoms with Crippen LogP contribution in [0, 0.1) is 0 Å². The zero-order valence-corrected chi connectivity index (χ0v) is 15.3. The number of ether oxygens (including phenoxy) is 1. The molecule has 142 valence electrons. The van der Waals surface area contributed by atoms with Gasteiger partial charge in [-0.1, -0.05) is 18.2 Å². The predicted molar refractivity (Wildman–Crippen MR) is 106 cm³/mol. The summed E-state index contributed by atoms with van der Waals surface area (Å²) in [5, 5.41) is 2.92. The summed E-state index contributed by atoms with van der Waals surface area (Å²) < 4.78 is 5.58. The Balaban J connectivity index is 1.66. The Morgan fingerprint density at radius 2 is 1.78 bits per heavy atom. The molecule has 27 heavy (non-hydrogen) atoms. The minimum atomic E-state index is -0.511. The molecule has 0 unspecified atom stereocenters. The molecular weight excluding hydrogens is 342 g/mol. The van der Waals surface area contributed by atoms with Crippen molar-refractivity contribution in [2.75, 3.05) is 29.9 Å². The molecule has 0 spiro atoms. The number of anilines is 2. The van der Waals surface area contributed by atoms with E-state index in [4.69, 9.17) is 10.5 Å². The van der Waals surface area contributed by atoms with Crippen molar-refractivity contribution in [2.24, 2.45) is 5.73 Å². The standard InChI is InChI=1S/C21H25N3O3/c22-21(26)16-9-10-19(24-12-5-2-6-13-24)18(15-16)23-20(25)11-14-27-17-7-3-1-4-8-17/h1,3-4,7-10,15H,2,5-6,11-14H2,(H2,22,26)(H,23,25). The predicted octanol–water partition coefficient (Wildman–Crippen LogP) is 3.18. The van der Waals surface area contributed by atoms with Crippen LogP contribution in [0.4, 0.5) is 11.4 Å². The van der Waals surface area contributed by atoms with Crippen LogP contribution in [0.1, 0.15) is 36.0 Å². The summed E-state index contributed by atoms with van der Waals surface area (Å²) in [5.74, 6) is 0.0592. The summed E-state index contributed by atoms with van der Waals surface area (Å²) in [6.07, 6.45) is 3.68. The van der Waals surface area contributed by atoms with E-state index in [1.54, 1.807) is 12.1 Å². The van der Waals surface area contributed by atoms with Gasteiger partial charge in [0.05, 0.1) is 24.4 Å². The van der Waals surface area contributed by atoms with E-state index in [2.05, 4.69) is 10.2 Å². The number of hydrogen-bond donors (Lipinski definition) is 2. The summed E-state index contributed by atoms with van der Waals surface area (Å²) in [6.45, 7) is 2.16. The molecule has 1 heterocycles. The maximum Gasteiger partial charge on any atom is 0.248 e. The molecule has 6 heteroatoms. The molecule has 0 aliphatic carbocycles. The third kappa shape index (κ3) is 5.23. The average Bonchev–Trinajstić information content (AvgIpc) is 2.69. The Bertz CT molecular complexity index is 787. The van der Waals surface area contributed by atoms with E-state index < -0.39 is 5.91 Å². The van der Waals surface area contributed by atoms with Crippen LogP contribution in [0.25, 0.3) is 0 Å². The normalized spacial score (nSPS) is 13.9. The van der Waals surface area contributed by atoms with E-state index in [1.165, 1.54) is 6.42 Å². The zero-order chi connectivity index (χ0) is 19.1. The monoisotopic (exact) mass is 367 g/mol. The fourth-order valence-corrected chi connectivity index (χ4v) is 3.19. The van der Waals surface area contributed by atoms with Crippen molar-refractivity contribution < 1.29 is 14.3 Å². The van der Waals surface area contributed by atoms with Gasteiger partial charge in [-0.05, 0) is 49.6 Å². The van der Waals surface area contributed by atoms with E-state index in [0.717, 1.165) is 37.4 Å². The van der Waals surface area contributed by atoms with Gasteiger partial charge >= 0.3 is 0 Å². The molecule has 3 rings (SSSR count). The van der Waals surface area contributed by atoms with Crippen molar-refractivity contribution >= 4 is 23.2 Å². The molecule has 6 nitrogen and oxygen atoms in total. The fourth-order valence-electron chi connectivity index (χ4n) is 3.19. The molecule has 0 aromatic heterocycles. The Kier molecular flexibility index (Phi) is 6.30. The van der Waals surface area contributed by atoms with E-state index in [9.17, 15) is 9.59 Å². The number of carbonyl (C=O) groups is 2. The lowest BCUT2D eigenvalue weighted by Gasteiger charge is -2.30. The largest absolute Gasteiger partial charge is 0.493 e. The molecule has 2 aromatic carbocycles. The molecule has 0 radical (unpaired) electrons. The first kappa shape index (κ1) is 18.8. The van der Waals surface area contributed by atoms with E-state index in [-0.39, 0.29) is 18.9 Å². The number of carbonyl (C=O) groups excluding carboxylic acids is 2. The number of hydrogen-bond acceptors (Lipinski definition) is 4. The van der Waals surface area contributed by atoms with Crippen molar-refractivity contribution in [3.63, 3.8) is 0 Å². The number of amides is 2. The van der Waals surface area contributed by atoms with Crippen LogP contribution in [-0.4, -0.2) is 31.5 Å². The van der Waals surface area contributed by atoms with Crippen molar-refractivity contribution in [1.82, 2.24) is 0 Å². The molecule has 1 aliphatic rings.